The zero-order chi connectivity index (χ0) is 16.4. The first kappa shape index (κ1) is 16.1. The average molecular weight is 300 g/mol. The van der Waals surface area contributed by atoms with Crippen molar-refractivity contribution >= 4 is 17.5 Å². The molecule has 0 bridgehead atoms. The topological polar surface area (TPSA) is 52.2 Å². The van der Waals surface area contributed by atoms with Crippen LogP contribution in [-0.4, -0.2) is 30.6 Å². The maximum Gasteiger partial charge on any atom is 0.257 e. The summed E-state index contributed by atoms with van der Waals surface area (Å²) in [6.07, 6.45) is 0. The summed E-state index contributed by atoms with van der Waals surface area (Å²) in [5, 5.41) is 0. The Morgan fingerprint density at radius 1 is 1.14 bits per heavy atom. The number of anilines is 3. The summed E-state index contributed by atoms with van der Waals surface area (Å²) < 4.78 is 0. The van der Waals surface area contributed by atoms with Gasteiger partial charge in [-0.05, 0) is 38.8 Å². The molecule has 0 aliphatic carbocycles. The van der Waals surface area contributed by atoms with Crippen molar-refractivity contribution in [3.8, 4) is 0 Å². The lowest BCUT2D eigenvalue weighted by Crippen LogP contribution is -2.27. The lowest BCUT2D eigenvalue weighted by molar-refractivity contribution is 0.880. The molecule has 1 N–H and O–H groups in total. The first-order valence-electron chi connectivity index (χ1n) is 7.48. The number of hydrogen-bond donors (Lipinski definition) is 1. The number of H-pyrrole nitrogens is 1. The van der Waals surface area contributed by atoms with Gasteiger partial charge in [0.15, 0.2) is 0 Å². The molecule has 5 nitrogen and oxygen atoms in total. The molecular formula is C17H24N4O. The summed E-state index contributed by atoms with van der Waals surface area (Å²) in [4.78, 5) is 23.7. The van der Waals surface area contributed by atoms with Crippen LogP contribution >= 0.6 is 0 Å². The average Bonchev–Trinajstić information content (AvgIpc) is 2.48. The van der Waals surface area contributed by atoms with Crippen LogP contribution < -0.4 is 15.4 Å². The van der Waals surface area contributed by atoms with Crippen molar-refractivity contribution in [2.75, 3.05) is 30.4 Å². The summed E-state index contributed by atoms with van der Waals surface area (Å²) >= 11 is 0. The van der Waals surface area contributed by atoms with Gasteiger partial charge in [-0.25, -0.2) is 0 Å². The van der Waals surface area contributed by atoms with E-state index in [0.29, 0.717) is 17.3 Å². The van der Waals surface area contributed by atoms with Crippen molar-refractivity contribution in [3.05, 3.63) is 45.2 Å². The van der Waals surface area contributed by atoms with Crippen molar-refractivity contribution in [2.45, 2.75) is 27.7 Å². The van der Waals surface area contributed by atoms with Crippen molar-refractivity contribution in [3.63, 3.8) is 0 Å². The second kappa shape index (κ2) is 6.22. The first-order valence-corrected chi connectivity index (χ1v) is 7.48. The molecular weight excluding hydrogens is 276 g/mol. The van der Waals surface area contributed by atoms with Crippen LogP contribution in [0.3, 0.4) is 0 Å². The number of para-hydroxylation sites is 1. The number of nitrogens with zero attached hydrogens (tertiary/aromatic N) is 3. The Hall–Kier alpha value is -2.30. The van der Waals surface area contributed by atoms with Crippen LogP contribution in [-0.2, 0) is 0 Å². The van der Waals surface area contributed by atoms with E-state index in [1.165, 1.54) is 0 Å². The molecule has 118 valence electrons. The molecule has 22 heavy (non-hydrogen) atoms. The smallest absolute Gasteiger partial charge is 0.257 e. The molecule has 1 heterocycles. The molecule has 0 aliphatic heterocycles. The van der Waals surface area contributed by atoms with Gasteiger partial charge < -0.3 is 9.80 Å². The van der Waals surface area contributed by atoms with Crippen LogP contribution in [0.1, 0.15) is 23.6 Å². The quantitative estimate of drug-likeness (QED) is 0.943. The lowest BCUT2D eigenvalue weighted by atomic mass is 10.1. The van der Waals surface area contributed by atoms with Gasteiger partial charge in [-0.2, -0.15) is 4.98 Å². The Kier molecular flexibility index (Phi) is 4.54. The van der Waals surface area contributed by atoms with Crippen LogP contribution in [0.2, 0.25) is 0 Å². The van der Waals surface area contributed by atoms with Gasteiger partial charge in [0.2, 0.25) is 5.95 Å². The van der Waals surface area contributed by atoms with Gasteiger partial charge in [0.25, 0.3) is 5.56 Å². The third-order valence-electron chi connectivity index (χ3n) is 4.04. The second-order valence-electron chi connectivity index (χ2n) is 5.65. The molecule has 5 heteroatoms. The van der Waals surface area contributed by atoms with Gasteiger partial charge in [0, 0.05) is 26.3 Å². The van der Waals surface area contributed by atoms with Crippen LogP contribution in [0.5, 0.6) is 0 Å². The summed E-state index contributed by atoms with van der Waals surface area (Å²) in [5.74, 6) is 1.28. The minimum atomic E-state index is -0.0987. The van der Waals surface area contributed by atoms with E-state index in [-0.39, 0.29) is 5.56 Å². The lowest BCUT2D eigenvalue weighted by Gasteiger charge is -2.25. The zero-order valence-corrected chi connectivity index (χ0v) is 14.2. The third kappa shape index (κ3) is 2.84. The standard InChI is InChI=1S/C17H24N4O/c1-7-20(5)17-18-15(13(4)16(22)19-17)21(6)14-11(2)9-8-10-12(14)3/h8-10H,7H2,1-6H3,(H,18,19,22). The number of aromatic nitrogens is 2. The number of aryl methyl sites for hydroxylation is 2. The molecule has 1 aromatic carbocycles. The van der Waals surface area contributed by atoms with Crippen molar-refractivity contribution in [1.82, 2.24) is 9.97 Å². The molecule has 1 aromatic heterocycles. The molecule has 0 saturated carbocycles. The summed E-state index contributed by atoms with van der Waals surface area (Å²) in [6.45, 7) is 8.75. The molecule has 0 atom stereocenters. The largest absolute Gasteiger partial charge is 0.346 e. The van der Waals surface area contributed by atoms with Crippen molar-refractivity contribution in [2.24, 2.45) is 0 Å². The van der Waals surface area contributed by atoms with E-state index >= 15 is 0 Å². The highest BCUT2D eigenvalue weighted by molar-refractivity contribution is 5.68. The Morgan fingerprint density at radius 2 is 1.73 bits per heavy atom. The fourth-order valence-corrected chi connectivity index (χ4v) is 2.61. The summed E-state index contributed by atoms with van der Waals surface area (Å²) in [7, 11) is 3.87. The van der Waals surface area contributed by atoms with Gasteiger partial charge in [0.1, 0.15) is 5.82 Å². The van der Waals surface area contributed by atoms with Crippen LogP contribution in [0, 0.1) is 20.8 Å². The van der Waals surface area contributed by atoms with E-state index in [2.05, 4.69) is 35.9 Å². The first-order chi connectivity index (χ1) is 10.4. The fourth-order valence-electron chi connectivity index (χ4n) is 2.61. The molecule has 0 spiro atoms. The minimum Gasteiger partial charge on any atom is -0.346 e. The SMILES string of the molecule is CCN(C)c1nc(N(C)c2c(C)cccc2C)c(C)c(=O)[nH]1. The number of aromatic amines is 1. The van der Waals surface area contributed by atoms with E-state index in [0.717, 1.165) is 23.4 Å². The molecule has 0 radical (unpaired) electrons. The van der Waals surface area contributed by atoms with Gasteiger partial charge in [-0.3, -0.25) is 9.78 Å². The van der Waals surface area contributed by atoms with E-state index in [4.69, 9.17) is 0 Å². The monoisotopic (exact) mass is 300 g/mol. The van der Waals surface area contributed by atoms with E-state index in [1.807, 2.05) is 36.9 Å². The third-order valence-corrected chi connectivity index (χ3v) is 4.04. The van der Waals surface area contributed by atoms with Gasteiger partial charge in [-0.15, -0.1) is 0 Å². The number of benzene rings is 1. The van der Waals surface area contributed by atoms with E-state index in [9.17, 15) is 4.79 Å². The zero-order valence-electron chi connectivity index (χ0n) is 14.2. The van der Waals surface area contributed by atoms with E-state index in [1.54, 1.807) is 6.92 Å². The maximum atomic E-state index is 12.2. The Morgan fingerprint density at radius 3 is 2.27 bits per heavy atom. The highest BCUT2D eigenvalue weighted by Crippen LogP contribution is 2.30. The van der Waals surface area contributed by atoms with Gasteiger partial charge >= 0.3 is 0 Å². The van der Waals surface area contributed by atoms with Gasteiger partial charge in [0.05, 0.1) is 5.56 Å². The van der Waals surface area contributed by atoms with Crippen molar-refractivity contribution < 1.29 is 0 Å². The molecule has 0 unspecified atom stereocenters. The highest BCUT2D eigenvalue weighted by atomic mass is 16.1. The van der Waals surface area contributed by atoms with Gasteiger partial charge in [-0.1, -0.05) is 18.2 Å². The normalized spacial score (nSPS) is 10.6. The Balaban J connectivity index is 2.61. The van der Waals surface area contributed by atoms with Crippen LogP contribution in [0.15, 0.2) is 23.0 Å². The molecule has 2 rings (SSSR count). The highest BCUT2D eigenvalue weighted by Gasteiger charge is 2.17. The molecule has 2 aromatic rings. The fraction of sp³-hybridized carbons (Fsp3) is 0.412. The van der Waals surface area contributed by atoms with E-state index < -0.39 is 0 Å². The summed E-state index contributed by atoms with van der Waals surface area (Å²) in [6, 6.07) is 6.18. The molecule has 0 aliphatic rings. The Bertz CT molecular complexity index is 716. The Labute approximate surface area is 131 Å². The van der Waals surface area contributed by atoms with Crippen LogP contribution in [0.25, 0.3) is 0 Å². The number of nitrogens with one attached hydrogen (secondary N) is 1. The predicted octanol–water partition coefficient (Wildman–Crippen LogP) is 2.92. The molecule has 0 amide bonds. The minimum absolute atomic E-state index is 0.0987. The number of hydrogen-bond acceptors (Lipinski definition) is 4. The van der Waals surface area contributed by atoms with Crippen LogP contribution in [0.4, 0.5) is 17.5 Å². The predicted molar refractivity (Wildman–Crippen MR) is 92.5 cm³/mol. The number of rotatable bonds is 4. The summed E-state index contributed by atoms with van der Waals surface area (Å²) in [5.41, 5.74) is 3.94. The maximum absolute atomic E-state index is 12.2. The molecule has 0 fully saturated rings. The molecule has 0 saturated heterocycles. The van der Waals surface area contributed by atoms with Crippen molar-refractivity contribution in [1.29, 1.82) is 0 Å². The second-order valence-corrected chi connectivity index (χ2v) is 5.65.